The van der Waals surface area contributed by atoms with Crippen molar-refractivity contribution in [1.29, 1.82) is 0 Å². The number of nitrogens with two attached hydrogens (primary N) is 1. The van der Waals surface area contributed by atoms with E-state index in [9.17, 15) is 9.90 Å². The monoisotopic (exact) mass is 285 g/mol. The summed E-state index contributed by atoms with van der Waals surface area (Å²) in [6.07, 6.45) is 1.92. The van der Waals surface area contributed by atoms with Gasteiger partial charge in [-0.2, -0.15) is 0 Å². The quantitative estimate of drug-likeness (QED) is 0.897. The van der Waals surface area contributed by atoms with Gasteiger partial charge in [0.1, 0.15) is 0 Å². The van der Waals surface area contributed by atoms with Crippen LogP contribution in [0.15, 0.2) is 24.3 Å². The Kier molecular flexibility index (Phi) is 3.51. The first-order chi connectivity index (χ1) is 10.1. The number of aliphatic hydroxyl groups is 1. The molecule has 1 fully saturated rings. The molecule has 2 aromatic rings. The fourth-order valence-electron chi connectivity index (χ4n) is 3.23. The van der Waals surface area contributed by atoms with Gasteiger partial charge >= 0.3 is 0 Å². The van der Waals surface area contributed by atoms with Gasteiger partial charge in [-0.3, -0.25) is 9.78 Å². The molecule has 110 valence electrons. The summed E-state index contributed by atoms with van der Waals surface area (Å²) >= 11 is 0. The molecule has 0 radical (unpaired) electrons. The lowest BCUT2D eigenvalue weighted by Crippen LogP contribution is -2.34. The second-order valence-electron chi connectivity index (χ2n) is 5.47. The van der Waals surface area contributed by atoms with Crippen molar-refractivity contribution in [2.75, 3.05) is 18.1 Å². The topological polar surface area (TPSA) is 79.4 Å². The SMILES string of the molecule is Cc1nc2ccccc2c(N2CCCC2CO)c1C(N)=O. The normalized spacial score (nSPS) is 18.4. The Balaban J connectivity index is 2.31. The molecule has 1 unspecified atom stereocenters. The lowest BCUT2D eigenvalue weighted by atomic mass is 10.0. The van der Waals surface area contributed by atoms with Gasteiger partial charge in [-0.15, -0.1) is 0 Å². The maximum absolute atomic E-state index is 11.9. The number of carbonyl (C=O) groups is 1. The fraction of sp³-hybridized carbons (Fsp3) is 0.375. The molecule has 5 heteroatoms. The van der Waals surface area contributed by atoms with Crippen LogP contribution in [0.4, 0.5) is 5.69 Å². The van der Waals surface area contributed by atoms with Crippen molar-refractivity contribution in [3.05, 3.63) is 35.5 Å². The van der Waals surface area contributed by atoms with Crippen molar-refractivity contribution in [2.24, 2.45) is 5.73 Å². The van der Waals surface area contributed by atoms with Gasteiger partial charge in [-0.25, -0.2) is 0 Å². The number of aromatic nitrogens is 1. The maximum Gasteiger partial charge on any atom is 0.252 e. The van der Waals surface area contributed by atoms with E-state index >= 15 is 0 Å². The second-order valence-corrected chi connectivity index (χ2v) is 5.47. The zero-order chi connectivity index (χ0) is 15.0. The van der Waals surface area contributed by atoms with E-state index in [4.69, 9.17) is 5.73 Å². The summed E-state index contributed by atoms with van der Waals surface area (Å²) in [5.41, 5.74) is 8.37. The predicted molar refractivity (Wildman–Crippen MR) is 82.5 cm³/mol. The molecule has 1 saturated heterocycles. The van der Waals surface area contributed by atoms with E-state index in [2.05, 4.69) is 9.88 Å². The number of anilines is 1. The predicted octanol–water partition coefficient (Wildman–Crippen LogP) is 1.60. The summed E-state index contributed by atoms with van der Waals surface area (Å²) in [7, 11) is 0. The molecule has 1 aliphatic heterocycles. The first-order valence-electron chi connectivity index (χ1n) is 7.20. The molecule has 2 heterocycles. The third-order valence-corrected chi connectivity index (χ3v) is 4.17. The number of rotatable bonds is 3. The minimum atomic E-state index is -0.468. The number of hydrogen-bond acceptors (Lipinski definition) is 4. The van der Waals surface area contributed by atoms with Crippen LogP contribution in [0, 0.1) is 6.92 Å². The van der Waals surface area contributed by atoms with Crippen molar-refractivity contribution >= 4 is 22.5 Å². The average molecular weight is 285 g/mol. The molecular formula is C16H19N3O2. The number of aliphatic hydroxyl groups excluding tert-OH is 1. The highest BCUT2D eigenvalue weighted by Crippen LogP contribution is 2.35. The molecule has 5 nitrogen and oxygen atoms in total. The Hall–Kier alpha value is -2.14. The first-order valence-corrected chi connectivity index (χ1v) is 7.20. The summed E-state index contributed by atoms with van der Waals surface area (Å²) in [4.78, 5) is 18.5. The highest BCUT2D eigenvalue weighted by molar-refractivity contribution is 6.08. The van der Waals surface area contributed by atoms with Gasteiger partial charge in [0.25, 0.3) is 5.91 Å². The van der Waals surface area contributed by atoms with Crippen LogP contribution in [0.1, 0.15) is 28.9 Å². The Labute approximate surface area is 123 Å². The molecule has 0 saturated carbocycles. The van der Waals surface area contributed by atoms with Gasteiger partial charge < -0.3 is 15.7 Å². The van der Waals surface area contributed by atoms with E-state index in [1.165, 1.54) is 0 Å². The average Bonchev–Trinajstić information content (AvgIpc) is 2.93. The number of pyridine rings is 1. The molecular weight excluding hydrogens is 266 g/mol. The van der Waals surface area contributed by atoms with Crippen LogP contribution in [-0.4, -0.2) is 35.2 Å². The van der Waals surface area contributed by atoms with Gasteiger partial charge in [0, 0.05) is 11.9 Å². The number of primary amides is 1. The van der Waals surface area contributed by atoms with Crippen molar-refractivity contribution in [3.63, 3.8) is 0 Å². The second kappa shape index (κ2) is 5.33. The van der Waals surface area contributed by atoms with Crippen LogP contribution in [0.5, 0.6) is 0 Å². The number of aryl methyl sites for hydroxylation is 1. The van der Waals surface area contributed by atoms with Crippen LogP contribution in [0.3, 0.4) is 0 Å². The third kappa shape index (κ3) is 2.23. The molecule has 1 amide bonds. The molecule has 1 atom stereocenters. The number of fused-ring (bicyclic) bond motifs is 1. The Morgan fingerprint density at radius 3 is 2.95 bits per heavy atom. The van der Waals surface area contributed by atoms with Crippen molar-refractivity contribution in [3.8, 4) is 0 Å². The van der Waals surface area contributed by atoms with Crippen molar-refractivity contribution < 1.29 is 9.90 Å². The van der Waals surface area contributed by atoms with Crippen LogP contribution >= 0.6 is 0 Å². The minimum Gasteiger partial charge on any atom is -0.394 e. The number of nitrogens with zero attached hydrogens (tertiary/aromatic N) is 2. The minimum absolute atomic E-state index is 0.0355. The molecule has 0 bridgehead atoms. The summed E-state index contributed by atoms with van der Waals surface area (Å²) in [5.74, 6) is -0.468. The standard InChI is InChI=1S/C16H19N3O2/c1-10-14(16(17)21)15(19-8-4-5-11(19)9-20)12-6-2-3-7-13(12)18-10/h2-3,6-7,11,20H,4-5,8-9H2,1H3,(H2,17,21). The molecule has 0 aliphatic carbocycles. The smallest absolute Gasteiger partial charge is 0.252 e. The summed E-state index contributed by atoms with van der Waals surface area (Å²) in [5, 5.41) is 10.5. The van der Waals surface area contributed by atoms with Crippen LogP contribution < -0.4 is 10.6 Å². The van der Waals surface area contributed by atoms with Gasteiger partial charge in [0.2, 0.25) is 0 Å². The number of amides is 1. The van der Waals surface area contributed by atoms with Crippen molar-refractivity contribution in [1.82, 2.24) is 4.98 Å². The molecule has 21 heavy (non-hydrogen) atoms. The largest absolute Gasteiger partial charge is 0.394 e. The molecule has 1 aromatic heterocycles. The molecule has 1 aromatic carbocycles. The number of benzene rings is 1. The van der Waals surface area contributed by atoms with E-state index in [0.29, 0.717) is 11.3 Å². The third-order valence-electron chi connectivity index (χ3n) is 4.17. The highest BCUT2D eigenvalue weighted by atomic mass is 16.3. The highest BCUT2D eigenvalue weighted by Gasteiger charge is 2.29. The van der Waals surface area contributed by atoms with Crippen molar-refractivity contribution in [2.45, 2.75) is 25.8 Å². The van der Waals surface area contributed by atoms with Crippen LogP contribution in [0.25, 0.3) is 10.9 Å². The Morgan fingerprint density at radius 1 is 1.48 bits per heavy atom. The summed E-state index contributed by atoms with van der Waals surface area (Å²) < 4.78 is 0. The number of hydrogen-bond donors (Lipinski definition) is 2. The van der Waals surface area contributed by atoms with E-state index in [-0.39, 0.29) is 12.6 Å². The first kappa shape index (κ1) is 13.8. The molecule has 0 spiro atoms. The molecule has 3 N–H and O–H groups in total. The van der Waals surface area contributed by atoms with Gasteiger partial charge in [0.05, 0.1) is 35.1 Å². The number of para-hydroxylation sites is 1. The summed E-state index contributed by atoms with van der Waals surface area (Å²) in [6, 6.07) is 7.78. The van der Waals surface area contributed by atoms with E-state index < -0.39 is 5.91 Å². The van der Waals surface area contributed by atoms with E-state index in [0.717, 1.165) is 36.0 Å². The molecule has 3 rings (SSSR count). The van der Waals surface area contributed by atoms with Gasteiger partial charge in [-0.05, 0) is 25.8 Å². The molecule has 1 aliphatic rings. The fourth-order valence-corrected chi connectivity index (χ4v) is 3.23. The number of carbonyl (C=O) groups excluding carboxylic acids is 1. The zero-order valence-corrected chi connectivity index (χ0v) is 12.0. The van der Waals surface area contributed by atoms with E-state index in [1.807, 2.05) is 24.3 Å². The van der Waals surface area contributed by atoms with Crippen LogP contribution in [-0.2, 0) is 0 Å². The van der Waals surface area contributed by atoms with E-state index in [1.54, 1.807) is 6.92 Å². The van der Waals surface area contributed by atoms with Gasteiger partial charge in [0.15, 0.2) is 0 Å². The van der Waals surface area contributed by atoms with Gasteiger partial charge in [-0.1, -0.05) is 18.2 Å². The zero-order valence-electron chi connectivity index (χ0n) is 12.0. The lowest BCUT2D eigenvalue weighted by Gasteiger charge is -2.29. The lowest BCUT2D eigenvalue weighted by molar-refractivity contribution is 0.0999. The summed E-state index contributed by atoms with van der Waals surface area (Å²) in [6.45, 7) is 2.70. The Bertz CT molecular complexity index is 699. The maximum atomic E-state index is 11.9. The van der Waals surface area contributed by atoms with Crippen LogP contribution in [0.2, 0.25) is 0 Å². The Morgan fingerprint density at radius 2 is 2.24 bits per heavy atom.